The highest BCUT2D eigenvalue weighted by Gasteiger charge is 2.30. The maximum atomic E-state index is 11.5. The SMILES string of the molecule is C=C(C)C(=O)O[C@@H]1C(Cl)=CC=C[C@@H]1OC(=O)/C=C/C. The van der Waals surface area contributed by atoms with Gasteiger partial charge in [-0.1, -0.05) is 30.3 Å². The largest absolute Gasteiger partial charge is 0.451 e. The Morgan fingerprint density at radius 1 is 1.42 bits per heavy atom. The molecule has 0 amide bonds. The van der Waals surface area contributed by atoms with Gasteiger partial charge in [-0.15, -0.1) is 0 Å². The van der Waals surface area contributed by atoms with Crippen molar-refractivity contribution >= 4 is 23.5 Å². The Balaban J connectivity index is 2.80. The molecule has 0 radical (unpaired) electrons. The van der Waals surface area contributed by atoms with E-state index >= 15 is 0 Å². The summed E-state index contributed by atoms with van der Waals surface area (Å²) in [4.78, 5) is 22.9. The van der Waals surface area contributed by atoms with Crippen molar-refractivity contribution in [2.75, 3.05) is 0 Å². The summed E-state index contributed by atoms with van der Waals surface area (Å²) in [5.74, 6) is -1.11. The van der Waals surface area contributed by atoms with Gasteiger partial charge < -0.3 is 9.47 Å². The van der Waals surface area contributed by atoms with Crippen molar-refractivity contribution in [3.8, 4) is 0 Å². The molecule has 0 heterocycles. The second kappa shape index (κ2) is 6.95. The predicted octanol–water partition coefficient (Wildman–Crippen LogP) is 2.65. The molecular formula is C14H15ClO4. The molecule has 4 nitrogen and oxygen atoms in total. The number of hydrogen-bond acceptors (Lipinski definition) is 4. The fraction of sp³-hybridized carbons (Fsp3) is 0.286. The molecule has 0 aromatic rings. The first-order valence-corrected chi connectivity index (χ1v) is 6.07. The van der Waals surface area contributed by atoms with Crippen molar-refractivity contribution in [3.05, 3.63) is 47.6 Å². The Kier molecular flexibility index (Phi) is 5.57. The second-order valence-electron chi connectivity index (χ2n) is 3.94. The average molecular weight is 283 g/mol. The molecule has 0 saturated heterocycles. The van der Waals surface area contributed by atoms with Crippen molar-refractivity contribution in [2.45, 2.75) is 26.1 Å². The molecule has 0 bridgehead atoms. The van der Waals surface area contributed by atoms with Crippen molar-refractivity contribution in [1.82, 2.24) is 0 Å². The first kappa shape index (κ1) is 15.2. The van der Waals surface area contributed by atoms with E-state index in [1.807, 2.05) is 0 Å². The lowest BCUT2D eigenvalue weighted by Gasteiger charge is -2.26. The molecule has 0 N–H and O–H groups in total. The number of carbonyl (C=O) groups excluding carboxylic acids is 2. The van der Waals surface area contributed by atoms with Crippen LogP contribution in [-0.4, -0.2) is 24.1 Å². The average Bonchev–Trinajstić information content (AvgIpc) is 2.33. The van der Waals surface area contributed by atoms with Crippen LogP contribution in [0.4, 0.5) is 0 Å². The van der Waals surface area contributed by atoms with E-state index in [9.17, 15) is 9.59 Å². The van der Waals surface area contributed by atoms with Gasteiger partial charge in [0, 0.05) is 11.6 Å². The first-order chi connectivity index (χ1) is 8.95. The van der Waals surface area contributed by atoms with Crippen LogP contribution in [0.2, 0.25) is 0 Å². The lowest BCUT2D eigenvalue weighted by atomic mass is 10.1. The van der Waals surface area contributed by atoms with Crippen LogP contribution in [0, 0.1) is 0 Å². The molecule has 0 spiro atoms. The number of ether oxygens (including phenoxy) is 2. The molecule has 1 aliphatic carbocycles. The van der Waals surface area contributed by atoms with Crippen LogP contribution < -0.4 is 0 Å². The van der Waals surface area contributed by atoms with Crippen LogP contribution in [-0.2, 0) is 19.1 Å². The van der Waals surface area contributed by atoms with Crippen LogP contribution in [0.25, 0.3) is 0 Å². The molecule has 0 saturated carbocycles. The third kappa shape index (κ3) is 4.41. The standard InChI is InChI=1S/C14H15ClO4/c1-4-6-12(16)18-11-8-5-7-10(15)13(11)19-14(17)9(2)3/h4-8,11,13H,2H2,1,3H3/b6-4+/t11-,13+/m0/s1. The zero-order valence-corrected chi connectivity index (χ0v) is 11.5. The number of allylic oxidation sites excluding steroid dienone is 3. The highest BCUT2D eigenvalue weighted by atomic mass is 35.5. The Labute approximate surface area is 117 Å². The molecule has 0 unspecified atom stereocenters. The zero-order chi connectivity index (χ0) is 14.4. The lowest BCUT2D eigenvalue weighted by Crippen LogP contribution is -2.35. The summed E-state index contributed by atoms with van der Waals surface area (Å²) in [7, 11) is 0. The van der Waals surface area contributed by atoms with E-state index in [0.717, 1.165) is 0 Å². The van der Waals surface area contributed by atoms with Crippen molar-refractivity contribution in [3.63, 3.8) is 0 Å². The molecule has 5 heteroatoms. The van der Waals surface area contributed by atoms with E-state index in [1.54, 1.807) is 31.2 Å². The van der Waals surface area contributed by atoms with Gasteiger partial charge in [0.05, 0.1) is 5.03 Å². The number of esters is 2. The number of rotatable bonds is 4. The van der Waals surface area contributed by atoms with Gasteiger partial charge in [0.15, 0.2) is 12.2 Å². The molecule has 1 rings (SSSR count). The normalized spacial score (nSPS) is 21.9. The van der Waals surface area contributed by atoms with Crippen molar-refractivity contribution < 1.29 is 19.1 Å². The van der Waals surface area contributed by atoms with Gasteiger partial charge in [-0.2, -0.15) is 0 Å². The molecule has 19 heavy (non-hydrogen) atoms. The molecule has 2 atom stereocenters. The maximum Gasteiger partial charge on any atom is 0.333 e. The van der Waals surface area contributed by atoms with Crippen LogP contribution >= 0.6 is 11.6 Å². The molecule has 0 aromatic carbocycles. The predicted molar refractivity (Wildman–Crippen MR) is 72.5 cm³/mol. The zero-order valence-electron chi connectivity index (χ0n) is 10.8. The van der Waals surface area contributed by atoms with E-state index in [0.29, 0.717) is 0 Å². The topological polar surface area (TPSA) is 52.6 Å². The summed E-state index contributed by atoms with van der Waals surface area (Å²) in [5.41, 5.74) is 0.248. The fourth-order valence-corrected chi connectivity index (χ4v) is 1.60. The highest BCUT2D eigenvalue weighted by molar-refractivity contribution is 6.30. The third-order valence-electron chi connectivity index (χ3n) is 2.26. The number of hydrogen-bond donors (Lipinski definition) is 0. The summed E-state index contributed by atoms with van der Waals surface area (Å²) >= 11 is 5.98. The molecule has 102 valence electrons. The minimum Gasteiger partial charge on any atom is -0.451 e. The van der Waals surface area contributed by atoms with E-state index < -0.39 is 24.1 Å². The fourth-order valence-electron chi connectivity index (χ4n) is 1.36. The first-order valence-electron chi connectivity index (χ1n) is 5.69. The van der Waals surface area contributed by atoms with Crippen molar-refractivity contribution in [1.29, 1.82) is 0 Å². The summed E-state index contributed by atoms with van der Waals surface area (Å²) in [5, 5.41) is 0.287. The third-order valence-corrected chi connectivity index (χ3v) is 2.60. The Hall–Kier alpha value is -1.81. The minimum atomic E-state index is -0.843. The van der Waals surface area contributed by atoms with Gasteiger partial charge in [-0.25, -0.2) is 9.59 Å². The van der Waals surface area contributed by atoms with Gasteiger partial charge >= 0.3 is 11.9 Å². The maximum absolute atomic E-state index is 11.5. The monoisotopic (exact) mass is 282 g/mol. The van der Waals surface area contributed by atoms with E-state index in [1.165, 1.54) is 13.0 Å². The van der Waals surface area contributed by atoms with Crippen LogP contribution in [0.3, 0.4) is 0 Å². The smallest absolute Gasteiger partial charge is 0.333 e. The molecule has 0 fully saturated rings. The van der Waals surface area contributed by atoms with Gasteiger partial charge in [0.25, 0.3) is 0 Å². The van der Waals surface area contributed by atoms with Gasteiger partial charge in [0.1, 0.15) is 0 Å². The molecule has 0 aromatic heterocycles. The second-order valence-corrected chi connectivity index (χ2v) is 4.38. The van der Waals surface area contributed by atoms with E-state index in [2.05, 4.69) is 6.58 Å². The quantitative estimate of drug-likeness (QED) is 0.587. The molecular weight excluding hydrogens is 268 g/mol. The molecule has 0 aliphatic heterocycles. The Morgan fingerprint density at radius 2 is 2.11 bits per heavy atom. The number of carbonyl (C=O) groups is 2. The van der Waals surface area contributed by atoms with Crippen LogP contribution in [0.15, 0.2) is 47.6 Å². The highest BCUT2D eigenvalue weighted by Crippen LogP contribution is 2.24. The van der Waals surface area contributed by atoms with Crippen LogP contribution in [0.5, 0.6) is 0 Å². The number of halogens is 1. The summed E-state index contributed by atoms with van der Waals surface area (Å²) in [6, 6.07) is 0. The van der Waals surface area contributed by atoms with Gasteiger partial charge in [0.2, 0.25) is 0 Å². The van der Waals surface area contributed by atoms with Gasteiger partial charge in [-0.05, 0) is 26.0 Å². The van der Waals surface area contributed by atoms with Gasteiger partial charge in [-0.3, -0.25) is 0 Å². The Bertz CT molecular complexity index is 474. The minimum absolute atomic E-state index is 0.248. The summed E-state index contributed by atoms with van der Waals surface area (Å²) < 4.78 is 10.3. The lowest BCUT2D eigenvalue weighted by molar-refractivity contribution is -0.155. The Morgan fingerprint density at radius 3 is 2.68 bits per heavy atom. The molecule has 1 aliphatic rings. The van der Waals surface area contributed by atoms with Crippen LogP contribution in [0.1, 0.15) is 13.8 Å². The van der Waals surface area contributed by atoms with Crippen molar-refractivity contribution in [2.24, 2.45) is 0 Å². The summed E-state index contributed by atoms with van der Waals surface area (Å²) in [6.07, 6.45) is 6.07. The van der Waals surface area contributed by atoms with E-state index in [4.69, 9.17) is 21.1 Å². The summed E-state index contributed by atoms with van der Waals surface area (Å²) in [6.45, 7) is 6.71. The van der Waals surface area contributed by atoms with E-state index in [-0.39, 0.29) is 10.6 Å².